The van der Waals surface area contributed by atoms with E-state index in [0.29, 0.717) is 12.5 Å². The van der Waals surface area contributed by atoms with E-state index in [9.17, 15) is 0 Å². The Balaban J connectivity index is 2.27. The van der Waals surface area contributed by atoms with Crippen molar-refractivity contribution in [2.45, 2.75) is 38.6 Å². The largest absolute Gasteiger partial charge is 0.300 e. The predicted molar refractivity (Wildman–Crippen MR) is 45.1 cm³/mol. The zero-order valence-corrected chi connectivity index (χ0v) is 7.21. The van der Waals surface area contributed by atoms with Crippen molar-refractivity contribution in [3.63, 3.8) is 0 Å². The Morgan fingerprint density at radius 2 is 2.00 bits per heavy atom. The number of rotatable bonds is 2. The van der Waals surface area contributed by atoms with Gasteiger partial charge in [-0.25, -0.2) is 0 Å². The Bertz CT molecular complexity index is 142. The third-order valence-corrected chi connectivity index (χ3v) is 2.40. The highest BCUT2D eigenvalue weighted by Crippen LogP contribution is 2.13. The average molecular weight is 152 g/mol. The Morgan fingerprint density at radius 3 is 2.55 bits per heavy atom. The molecule has 0 bridgehead atoms. The molecule has 1 atom stereocenters. The van der Waals surface area contributed by atoms with Gasteiger partial charge in [0, 0.05) is 6.04 Å². The quantitative estimate of drug-likeness (QED) is 0.603. The fourth-order valence-corrected chi connectivity index (χ4v) is 1.62. The van der Waals surface area contributed by atoms with Crippen LogP contribution in [-0.4, -0.2) is 24.0 Å². The summed E-state index contributed by atoms with van der Waals surface area (Å²) in [6, 6.07) is 2.70. The van der Waals surface area contributed by atoms with Crippen molar-refractivity contribution in [1.29, 1.82) is 5.26 Å². The molecule has 0 N–H and O–H groups in total. The molecule has 2 nitrogen and oxygen atoms in total. The molecule has 0 saturated carbocycles. The zero-order valence-electron chi connectivity index (χ0n) is 7.21. The van der Waals surface area contributed by atoms with Crippen LogP contribution in [0.4, 0.5) is 0 Å². The Labute approximate surface area is 68.8 Å². The number of piperidine rings is 1. The highest BCUT2D eigenvalue weighted by molar-refractivity contribution is 4.80. The molecule has 0 aromatic carbocycles. The molecule has 1 heterocycles. The van der Waals surface area contributed by atoms with Gasteiger partial charge in [-0.05, 0) is 32.9 Å². The van der Waals surface area contributed by atoms with Gasteiger partial charge in [-0.2, -0.15) is 5.26 Å². The van der Waals surface area contributed by atoms with E-state index >= 15 is 0 Å². The van der Waals surface area contributed by atoms with Crippen LogP contribution in [-0.2, 0) is 0 Å². The first kappa shape index (κ1) is 8.55. The normalized spacial score (nSPS) is 22.5. The molecule has 1 rings (SSSR count). The van der Waals surface area contributed by atoms with E-state index in [4.69, 9.17) is 5.26 Å². The molecule has 0 radical (unpaired) electrons. The second kappa shape index (κ2) is 4.35. The van der Waals surface area contributed by atoms with Crippen LogP contribution in [0.5, 0.6) is 0 Å². The zero-order chi connectivity index (χ0) is 8.10. The Hall–Kier alpha value is -0.550. The molecule has 0 aromatic heterocycles. The molecule has 11 heavy (non-hydrogen) atoms. The first-order valence-corrected chi connectivity index (χ1v) is 4.45. The van der Waals surface area contributed by atoms with Gasteiger partial charge in [0.1, 0.15) is 0 Å². The van der Waals surface area contributed by atoms with E-state index in [0.717, 1.165) is 0 Å². The van der Waals surface area contributed by atoms with Gasteiger partial charge < -0.3 is 0 Å². The molecule has 0 unspecified atom stereocenters. The Morgan fingerprint density at radius 1 is 1.36 bits per heavy atom. The van der Waals surface area contributed by atoms with Crippen LogP contribution in [0, 0.1) is 11.3 Å². The lowest BCUT2D eigenvalue weighted by atomic mass is 10.1. The second-order valence-corrected chi connectivity index (χ2v) is 3.31. The minimum absolute atomic E-state index is 0.472. The van der Waals surface area contributed by atoms with Crippen LogP contribution < -0.4 is 0 Å². The SMILES string of the molecule is C[C@H](CC#N)N1CCCCC1. The van der Waals surface area contributed by atoms with Gasteiger partial charge in [0.05, 0.1) is 12.5 Å². The third-order valence-electron chi connectivity index (χ3n) is 2.40. The minimum atomic E-state index is 0.472. The topological polar surface area (TPSA) is 27.0 Å². The smallest absolute Gasteiger partial charge is 0.0638 e. The molecule has 1 fully saturated rings. The number of hydrogen-bond donors (Lipinski definition) is 0. The maximum Gasteiger partial charge on any atom is 0.0638 e. The van der Waals surface area contributed by atoms with Crippen molar-refractivity contribution in [2.24, 2.45) is 0 Å². The first-order valence-electron chi connectivity index (χ1n) is 4.45. The van der Waals surface area contributed by atoms with Crippen LogP contribution in [0.15, 0.2) is 0 Å². The van der Waals surface area contributed by atoms with Gasteiger partial charge in [0.25, 0.3) is 0 Å². The van der Waals surface area contributed by atoms with Gasteiger partial charge >= 0.3 is 0 Å². The van der Waals surface area contributed by atoms with Crippen molar-refractivity contribution < 1.29 is 0 Å². The van der Waals surface area contributed by atoms with E-state index < -0.39 is 0 Å². The average Bonchev–Trinajstić information content (AvgIpc) is 2.07. The number of hydrogen-bond acceptors (Lipinski definition) is 2. The molecular weight excluding hydrogens is 136 g/mol. The summed E-state index contributed by atoms with van der Waals surface area (Å²) in [7, 11) is 0. The van der Waals surface area contributed by atoms with Crippen molar-refractivity contribution >= 4 is 0 Å². The summed E-state index contributed by atoms with van der Waals surface area (Å²) in [4.78, 5) is 2.42. The molecule has 1 saturated heterocycles. The summed E-state index contributed by atoms with van der Waals surface area (Å²) in [5, 5.41) is 8.49. The number of likely N-dealkylation sites (tertiary alicyclic amines) is 1. The monoisotopic (exact) mass is 152 g/mol. The molecule has 1 aliphatic rings. The maximum atomic E-state index is 8.49. The molecule has 2 heteroatoms. The Kier molecular flexibility index (Phi) is 3.38. The standard InChI is InChI=1S/C9H16N2/c1-9(5-6-10)11-7-3-2-4-8-11/h9H,2-5,7-8H2,1H3/t9-/m1/s1. The van der Waals surface area contributed by atoms with Crippen LogP contribution in [0.3, 0.4) is 0 Å². The van der Waals surface area contributed by atoms with Crippen LogP contribution in [0.25, 0.3) is 0 Å². The highest BCUT2D eigenvalue weighted by Gasteiger charge is 2.15. The lowest BCUT2D eigenvalue weighted by molar-refractivity contribution is 0.176. The van der Waals surface area contributed by atoms with E-state index in [2.05, 4.69) is 17.9 Å². The summed E-state index contributed by atoms with van der Waals surface area (Å²) < 4.78 is 0. The van der Waals surface area contributed by atoms with Crippen molar-refractivity contribution in [3.8, 4) is 6.07 Å². The van der Waals surface area contributed by atoms with Crippen LogP contribution in [0.2, 0.25) is 0 Å². The summed E-state index contributed by atoms with van der Waals surface area (Å²) in [6.07, 6.45) is 4.68. The van der Waals surface area contributed by atoms with Gasteiger partial charge in [0.2, 0.25) is 0 Å². The summed E-state index contributed by atoms with van der Waals surface area (Å²) >= 11 is 0. The van der Waals surface area contributed by atoms with Crippen LogP contribution >= 0.6 is 0 Å². The summed E-state index contributed by atoms with van der Waals surface area (Å²) in [6.45, 7) is 4.54. The van der Waals surface area contributed by atoms with E-state index in [-0.39, 0.29) is 0 Å². The van der Waals surface area contributed by atoms with Crippen molar-refractivity contribution in [1.82, 2.24) is 4.90 Å². The molecule has 0 aromatic rings. The number of nitriles is 1. The second-order valence-electron chi connectivity index (χ2n) is 3.31. The van der Waals surface area contributed by atoms with Gasteiger partial charge in [-0.1, -0.05) is 6.42 Å². The van der Waals surface area contributed by atoms with E-state index in [1.807, 2.05) is 0 Å². The highest BCUT2D eigenvalue weighted by atomic mass is 15.1. The molecule has 0 aliphatic carbocycles. The third kappa shape index (κ3) is 2.51. The van der Waals surface area contributed by atoms with Gasteiger partial charge in [-0.15, -0.1) is 0 Å². The fourth-order valence-electron chi connectivity index (χ4n) is 1.62. The fraction of sp³-hybridized carbons (Fsp3) is 0.889. The predicted octanol–water partition coefficient (Wildman–Crippen LogP) is 1.77. The molecule has 0 amide bonds. The lowest BCUT2D eigenvalue weighted by Gasteiger charge is -2.30. The molecule has 62 valence electrons. The molecule has 1 aliphatic heterocycles. The minimum Gasteiger partial charge on any atom is -0.300 e. The van der Waals surface area contributed by atoms with E-state index in [1.54, 1.807) is 0 Å². The summed E-state index contributed by atoms with van der Waals surface area (Å²) in [5.41, 5.74) is 0. The molecule has 0 spiro atoms. The van der Waals surface area contributed by atoms with Crippen LogP contribution in [0.1, 0.15) is 32.6 Å². The van der Waals surface area contributed by atoms with E-state index in [1.165, 1.54) is 32.4 Å². The first-order chi connectivity index (χ1) is 5.34. The van der Waals surface area contributed by atoms with Crippen molar-refractivity contribution in [3.05, 3.63) is 0 Å². The van der Waals surface area contributed by atoms with Crippen molar-refractivity contribution in [2.75, 3.05) is 13.1 Å². The van der Waals surface area contributed by atoms with Gasteiger partial charge in [-0.3, -0.25) is 4.90 Å². The maximum absolute atomic E-state index is 8.49. The van der Waals surface area contributed by atoms with Gasteiger partial charge in [0.15, 0.2) is 0 Å². The number of nitrogens with zero attached hydrogens (tertiary/aromatic N) is 2. The summed E-state index contributed by atoms with van der Waals surface area (Å²) in [5.74, 6) is 0. The molecular formula is C9H16N2. The lowest BCUT2D eigenvalue weighted by Crippen LogP contribution is -2.37.